The number of aliphatic hydroxyl groups is 1. The standard InChI is InChI=1S/C7H6BrF3O2/c8-4-1-5(13-3-4)2-6(12)7(9,10)11/h1,3,6,12H,2H2. The zero-order valence-corrected chi connectivity index (χ0v) is 7.89. The van der Waals surface area contributed by atoms with Crippen LogP contribution in [0.25, 0.3) is 0 Å². The molecular weight excluding hydrogens is 253 g/mol. The van der Waals surface area contributed by atoms with Gasteiger partial charge in [0.15, 0.2) is 6.10 Å². The summed E-state index contributed by atoms with van der Waals surface area (Å²) in [6.07, 6.45) is -6.27. The molecule has 2 nitrogen and oxygen atoms in total. The maximum Gasteiger partial charge on any atom is 0.414 e. The van der Waals surface area contributed by atoms with Crippen molar-refractivity contribution in [3.8, 4) is 0 Å². The Kier molecular flexibility index (Phi) is 3.02. The monoisotopic (exact) mass is 258 g/mol. The third-order valence-electron chi connectivity index (χ3n) is 1.39. The molecule has 0 aliphatic carbocycles. The van der Waals surface area contributed by atoms with Crippen molar-refractivity contribution in [1.82, 2.24) is 0 Å². The van der Waals surface area contributed by atoms with Crippen LogP contribution in [0.4, 0.5) is 13.2 Å². The van der Waals surface area contributed by atoms with Gasteiger partial charge in [0.05, 0.1) is 4.47 Å². The average Bonchev–Trinajstić information content (AvgIpc) is 2.33. The molecule has 0 radical (unpaired) electrons. The summed E-state index contributed by atoms with van der Waals surface area (Å²) in [6, 6.07) is 1.38. The van der Waals surface area contributed by atoms with Crippen LogP contribution < -0.4 is 0 Å². The molecule has 0 saturated heterocycles. The summed E-state index contributed by atoms with van der Waals surface area (Å²) < 4.78 is 40.8. The zero-order valence-electron chi connectivity index (χ0n) is 6.31. The molecule has 13 heavy (non-hydrogen) atoms. The summed E-state index contributed by atoms with van der Waals surface area (Å²) in [7, 11) is 0. The summed E-state index contributed by atoms with van der Waals surface area (Å²) >= 11 is 3.02. The van der Waals surface area contributed by atoms with Crippen molar-refractivity contribution in [2.75, 3.05) is 0 Å². The molecule has 6 heteroatoms. The molecule has 1 rings (SSSR count). The molecule has 0 aliphatic heterocycles. The molecule has 1 unspecified atom stereocenters. The van der Waals surface area contributed by atoms with Gasteiger partial charge in [-0.15, -0.1) is 0 Å². The molecule has 1 N–H and O–H groups in total. The Balaban J connectivity index is 2.60. The maximum absolute atomic E-state index is 11.8. The largest absolute Gasteiger partial charge is 0.468 e. The Morgan fingerprint density at radius 3 is 2.54 bits per heavy atom. The molecule has 1 aromatic heterocycles. The Bertz CT molecular complexity index is 282. The lowest BCUT2D eigenvalue weighted by molar-refractivity contribution is -0.203. The van der Waals surface area contributed by atoms with Crippen molar-refractivity contribution in [2.24, 2.45) is 0 Å². The van der Waals surface area contributed by atoms with E-state index in [0.717, 1.165) is 0 Å². The van der Waals surface area contributed by atoms with E-state index in [0.29, 0.717) is 4.47 Å². The Labute approximate surface area is 80.5 Å². The Morgan fingerprint density at radius 1 is 1.54 bits per heavy atom. The van der Waals surface area contributed by atoms with E-state index >= 15 is 0 Å². The van der Waals surface area contributed by atoms with Crippen LogP contribution >= 0.6 is 15.9 Å². The van der Waals surface area contributed by atoms with E-state index in [1.807, 2.05) is 0 Å². The second-order valence-corrected chi connectivity index (χ2v) is 3.41. The quantitative estimate of drug-likeness (QED) is 0.885. The van der Waals surface area contributed by atoms with Crippen LogP contribution in [0.5, 0.6) is 0 Å². The van der Waals surface area contributed by atoms with Gasteiger partial charge in [0, 0.05) is 6.42 Å². The van der Waals surface area contributed by atoms with E-state index in [-0.39, 0.29) is 5.76 Å². The molecule has 0 aromatic carbocycles. The topological polar surface area (TPSA) is 33.4 Å². The van der Waals surface area contributed by atoms with Crippen LogP contribution in [0, 0.1) is 0 Å². The van der Waals surface area contributed by atoms with Gasteiger partial charge in [-0.3, -0.25) is 0 Å². The fraction of sp³-hybridized carbons (Fsp3) is 0.429. The number of halogens is 4. The van der Waals surface area contributed by atoms with Crippen LogP contribution in [-0.2, 0) is 6.42 Å². The van der Waals surface area contributed by atoms with Gasteiger partial charge in [0.2, 0.25) is 0 Å². The van der Waals surface area contributed by atoms with E-state index in [4.69, 9.17) is 9.52 Å². The SMILES string of the molecule is OC(Cc1cc(Br)co1)C(F)(F)F. The minimum atomic E-state index is -4.60. The molecular formula is C7H6BrF3O2. The third-order valence-corrected chi connectivity index (χ3v) is 1.81. The highest BCUT2D eigenvalue weighted by Crippen LogP contribution is 2.24. The molecule has 0 bridgehead atoms. The van der Waals surface area contributed by atoms with Gasteiger partial charge in [0.1, 0.15) is 12.0 Å². The van der Waals surface area contributed by atoms with Crippen LogP contribution in [0.2, 0.25) is 0 Å². The Morgan fingerprint density at radius 2 is 2.15 bits per heavy atom. The fourth-order valence-corrected chi connectivity index (χ4v) is 1.12. The summed E-state index contributed by atoms with van der Waals surface area (Å²) in [5, 5.41) is 8.65. The third kappa shape index (κ3) is 3.04. The highest BCUT2D eigenvalue weighted by Gasteiger charge is 2.38. The van der Waals surface area contributed by atoms with E-state index in [1.54, 1.807) is 0 Å². The predicted molar refractivity (Wildman–Crippen MR) is 42.2 cm³/mol. The minimum absolute atomic E-state index is 0.0942. The van der Waals surface area contributed by atoms with E-state index < -0.39 is 18.7 Å². The van der Waals surface area contributed by atoms with Gasteiger partial charge in [-0.05, 0) is 22.0 Å². The van der Waals surface area contributed by atoms with Crippen LogP contribution in [-0.4, -0.2) is 17.4 Å². The molecule has 0 spiro atoms. The van der Waals surface area contributed by atoms with Gasteiger partial charge in [-0.1, -0.05) is 0 Å². The van der Waals surface area contributed by atoms with Gasteiger partial charge >= 0.3 is 6.18 Å². The summed E-state index contributed by atoms with van der Waals surface area (Å²) in [5.74, 6) is 0.0942. The first kappa shape index (κ1) is 10.6. The second kappa shape index (κ2) is 3.71. The number of aliphatic hydroxyl groups excluding tert-OH is 1. The van der Waals surface area contributed by atoms with Gasteiger partial charge < -0.3 is 9.52 Å². The van der Waals surface area contributed by atoms with Gasteiger partial charge in [0.25, 0.3) is 0 Å². The number of hydrogen-bond acceptors (Lipinski definition) is 2. The minimum Gasteiger partial charge on any atom is -0.468 e. The number of furan rings is 1. The van der Waals surface area contributed by atoms with E-state index in [9.17, 15) is 13.2 Å². The zero-order chi connectivity index (χ0) is 10.1. The van der Waals surface area contributed by atoms with Gasteiger partial charge in [-0.2, -0.15) is 13.2 Å². The molecule has 1 atom stereocenters. The molecule has 0 aliphatic rings. The number of alkyl halides is 3. The normalized spacial score (nSPS) is 14.5. The first-order chi connectivity index (χ1) is 5.89. The summed E-state index contributed by atoms with van der Waals surface area (Å²) in [5.41, 5.74) is 0. The fourth-order valence-electron chi connectivity index (χ4n) is 0.767. The number of rotatable bonds is 2. The van der Waals surface area contributed by atoms with Crippen molar-refractivity contribution < 1.29 is 22.7 Å². The van der Waals surface area contributed by atoms with Crippen molar-refractivity contribution in [1.29, 1.82) is 0 Å². The second-order valence-electron chi connectivity index (χ2n) is 2.49. The maximum atomic E-state index is 11.8. The predicted octanol–water partition coefficient (Wildman–Crippen LogP) is 2.51. The lowest BCUT2D eigenvalue weighted by atomic mass is 10.2. The Hall–Kier alpha value is -0.490. The van der Waals surface area contributed by atoms with E-state index in [1.165, 1.54) is 12.3 Å². The van der Waals surface area contributed by atoms with Crippen LogP contribution in [0.1, 0.15) is 5.76 Å². The average molecular weight is 259 g/mol. The van der Waals surface area contributed by atoms with Crippen molar-refractivity contribution in [2.45, 2.75) is 18.7 Å². The molecule has 1 aromatic rings. The number of hydrogen-bond donors (Lipinski definition) is 1. The molecule has 0 amide bonds. The molecule has 1 heterocycles. The smallest absolute Gasteiger partial charge is 0.414 e. The van der Waals surface area contributed by atoms with Crippen molar-refractivity contribution in [3.05, 3.63) is 22.6 Å². The molecule has 0 saturated carbocycles. The van der Waals surface area contributed by atoms with Gasteiger partial charge in [-0.25, -0.2) is 0 Å². The first-order valence-corrected chi connectivity index (χ1v) is 4.16. The van der Waals surface area contributed by atoms with E-state index in [2.05, 4.69) is 15.9 Å². The lowest BCUT2D eigenvalue weighted by Crippen LogP contribution is -2.30. The molecule has 0 fully saturated rings. The van der Waals surface area contributed by atoms with Crippen molar-refractivity contribution in [3.63, 3.8) is 0 Å². The first-order valence-electron chi connectivity index (χ1n) is 3.37. The summed E-state index contributed by atoms with van der Waals surface area (Å²) in [4.78, 5) is 0. The summed E-state index contributed by atoms with van der Waals surface area (Å²) in [6.45, 7) is 0. The highest BCUT2D eigenvalue weighted by atomic mass is 79.9. The van der Waals surface area contributed by atoms with Crippen LogP contribution in [0.3, 0.4) is 0 Å². The highest BCUT2D eigenvalue weighted by molar-refractivity contribution is 9.10. The van der Waals surface area contributed by atoms with Crippen molar-refractivity contribution >= 4 is 15.9 Å². The van der Waals surface area contributed by atoms with Crippen LogP contribution in [0.15, 0.2) is 21.2 Å². The molecule has 74 valence electrons. The lowest BCUT2D eigenvalue weighted by Gasteiger charge is -2.12.